The monoisotopic (exact) mass is 317 g/mol. The Morgan fingerprint density at radius 2 is 2.00 bits per heavy atom. The molecule has 1 atom stereocenters. The van der Waals surface area contributed by atoms with Crippen LogP contribution in [0.1, 0.15) is 52.5 Å². The summed E-state index contributed by atoms with van der Waals surface area (Å²) in [5.74, 6) is -1.28. The summed E-state index contributed by atoms with van der Waals surface area (Å²) in [6.07, 6.45) is 5.87. The fraction of sp³-hybridized carbons (Fsp3) is 0.474. The smallest absolute Gasteiger partial charge is 0.327 e. The van der Waals surface area contributed by atoms with E-state index in [2.05, 4.69) is 0 Å². The summed E-state index contributed by atoms with van der Waals surface area (Å²) >= 11 is 0. The van der Waals surface area contributed by atoms with Crippen molar-refractivity contribution in [3.63, 3.8) is 0 Å². The molecule has 0 aliphatic heterocycles. The first-order valence-corrected chi connectivity index (χ1v) is 8.20. The highest BCUT2D eigenvalue weighted by atomic mass is 16.4. The summed E-state index contributed by atoms with van der Waals surface area (Å²) in [6, 6.07) is 6.59. The Labute approximate surface area is 138 Å². The molecule has 1 rings (SSSR count). The normalized spacial score (nSPS) is 12.6. The predicted octanol–water partition coefficient (Wildman–Crippen LogP) is 4.35. The van der Waals surface area contributed by atoms with Crippen LogP contribution in [0.15, 0.2) is 30.3 Å². The molecule has 1 aromatic carbocycles. The van der Waals surface area contributed by atoms with Gasteiger partial charge in [0.25, 0.3) is 0 Å². The van der Waals surface area contributed by atoms with E-state index in [1.165, 1.54) is 4.90 Å². The first kappa shape index (κ1) is 18.9. The largest absolute Gasteiger partial charge is 0.480 e. The van der Waals surface area contributed by atoms with E-state index in [1.807, 2.05) is 58.0 Å². The number of unbranched alkanes of at least 4 members (excludes halogenated alkanes) is 1. The van der Waals surface area contributed by atoms with Crippen molar-refractivity contribution < 1.29 is 14.7 Å². The molecule has 0 fully saturated rings. The quantitative estimate of drug-likeness (QED) is 0.775. The molecule has 0 aromatic heterocycles. The van der Waals surface area contributed by atoms with Gasteiger partial charge in [0.05, 0.1) is 0 Å². The van der Waals surface area contributed by atoms with Gasteiger partial charge in [-0.1, -0.05) is 51.5 Å². The summed E-state index contributed by atoms with van der Waals surface area (Å²) < 4.78 is 0. The van der Waals surface area contributed by atoms with E-state index in [1.54, 1.807) is 6.07 Å². The summed E-state index contributed by atoms with van der Waals surface area (Å²) in [6.45, 7) is 7.59. The number of benzene rings is 1. The van der Waals surface area contributed by atoms with Crippen molar-refractivity contribution in [2.75, 3.05) is 4.90 Å². The minimum absolute atomic E-state index is 0.134. The highest BCUT2D eigenvalue weighted by molar-refractivity contribution is 5.99. The van der Waals surface area contributed by atoms with Crippen molar-refractivity contribution in [2.45, 2.75) is 53.0 Å². The van der Waals surface area contributed by atoms with Gasteiger partial charge in [0, 0.05) is 12.1 Å². The lowest BCUT2D eigenvalue weighted by Gasteiger charge is -2.32. The number of amides is 1. The Balaban J connectivity index is 3.29. The third kappa shape index (κ3) is 5.23. The zero-order chi connectivity index (χ0) is 17.4. The van der Waals surface area contributed by atoms with Crippen LogP contribution in [-0.2, 0) is 9.59 Å². The number of aliphatic carboxylic acids is 1. The van der Waals surface area contributed by atoms with Crippen molar-refractivity contribution in [1.82, 2.24) is 0 Å². The SMILES string of the molecule is C/C=C/c1cccc(N(C(=O)CCCC)[C@H](C(=O)O)C(C)C)c1. The molecule has 0 aliphatic carbocycles. The van der Waals surface area contributed by atoms with Crippen LogP contribution < -0.4 is 4.90 Å². The first-order chi connectivity index (χ1) is 10.9. The third-order valence-corrected chi connectivity index (χ3v) is 3.68. The molecule has 0 radical (unpaired) electrons. The van der Waals surface area contributed by atoms with Gasteiger partial charge in [0.1, 0.15) is 6.04 Å². The number of allylic oxidation sites excluding steroid dienone is 1. The van der Waals surface area contributed by atoms with Gasteiger partial charge < -0.3 is 5.11 Å². The molecule has 0 bridgehead atoms. The minimum atomic E-state index is -0.971. The Kier molecular flexibility index (Phi) is 7.52. The van der Waals surface area contributed by atoms with Crippen LogP contribution >= 0.6 is 0 Å². The average Bonchev–Trinajstić information content (AvgIpc) is 2.49. The van der Waals surface area contributed by atoms with Gasteiger partial charge in [-0.15, -0.1) is 0 Å². The molecule has 0 unspecified atom stereocenters. The Bertz CT molecular complexity index is 563. The van der Waals surface area contributed by atoms with Crippen molar-refractivity contribution >= 4 is 23.6 Å². The topological polar surface area (TPSA) is 57.6 Å². The van der Waals surface area contributed by atoms with E-state index in [0.717, 1.165) is 18.4 Å². The lowest BCUT2D eigenvalue weighted by Crippen LogP contribution is -2.48. The first-order valence-electron chi connectivity index (χ1n) is 8.20. The number of anilines is 1. The van der Waals surface area contributed by atoms with E-state index < -0.39 is 12.0 Å². The highest BCUT2D eigenvalue weighted by Gasteiger charge is 2.33. The maximum atomic E-state index is 12.7. The van der Waals surface area contributed by atoms with Crippen LogP contribution in [0.5, 0.6) is 0 Å². The number of rotatable bonds is 8. The van der Waals surface area contributed by atoms with Gasteiger partial charge in [-0.3, -0.25) is 9.69 Å². The Morgan fingerprint density at radius 1 is 1.30 bits per heavy atom. The van der Waals surface area contributed by atoms with Gasteiger partial charge in [0.15, 0.2) is 0 Å². The molecule has 126 valence electrons. The molecule has 1 aromatic rings. The van der Waals surface area contributed by atoms with Gasteiger partial charge in [-0.05, 0) is 37.0 Å². The second kappa shape index (κ2) is 9.13. The van der Waals surface area contributed by atoms with Gasteiger partial charge in [0.2, 0.25) is 5.91 Å². The number of carboxylic acid groups (broad SMARTS) is 1. The van der Waals surface area contributed by atoms with E-state index in [4.69, 9.17) is 0 Å². The lowest BCUT2D eigenvalue weighted by molar-refractivity contribution is -0.141. The molecule has 0 spiro atoms. The fourth-order valence-electron chi connectivity index (χ4n) is 2.57. The highest BCUT2D eigenvalue weighted by Crippen LogP contribution is 2.25. The molecule has 1 amide bonds. The molecular formula is C19H27NO3. The summed E-state index contributed by atoms with van der Waals surface area (Å²) in [7, 11) is 0. The molecule has 0 saturated carbocycles. The molecule has 0 aliphatic rings. The van der Waals surface area contributed by atoms with Crippen LogP contribution in [-0.4, -0.2) is 23.0 Å². The van der Waals surface area contributed by atoms with Crippen molar-refractivity contribution in [1.29, 1.82) is 0 Å². The lowest BCUT2D eigenvalue weighted by atomic mass is 10.00. The summed E-state index contributed by atoms with van der Waals surface area (Å²) in [5, 5.41) is 9.61. The second-order valence-electron chi connectivity index (χ2n) is 5.99. The maximum Gasteiger partial charge on any atom is 0.327 e. The van der Waals surface area contributed by atoms with Gasteiger partial charge in [-0.2, -0.15) is 0 Å². The predicted molar refractivity (Wildman–Crippen MR) is 94.4 cm³/mol. The fourth-order valence-corrected chi connectivity index (χ4v) is 2.57. The molecule has 0 heterocycles. The molecule has 23 heavy (non-hydrogen) atoms. The Hall–Kier alpha value is -2.10. The molecule has 4 nitrogen and oxygen atoms in total. The maximum absolute atomic E-state index is 12.7. The second-order valence-corrected chi connectivity index (χ2v) is 5.99. The van der Waals surface area contributed by atoms with Crippen molar-refractivity contribution in [3.05, 3.63) is 35.9 Å². The number of carboxylic acids is 1. The Morgan fingerprint density at radius 3 is 2.52 bits per heavy atom. The number of hydrogen-bond acceptors (Lipinski definition) is 2. The van der Waals surface area contributed by atoms with Crippen LogP contribution in [0.25, 0.3) is 6.08 Å². The zero-order valence-electron chi connectivity index (χ0n) is 14.5. The van der Waals surface area contributed by atoms with E-state index >= 15 is 0 Å². The van der Waals surface area contributed by atoms with E-state index in [0.29, 0.717) is 12.1 Å². The number of hydrogen-bond donors (Lipinski definition) is 1. The molecule has 4 heteroatoms. The van der Waals surface area contributed by atoms with Gasteiger partial charge >= 0.3 is 5.97 Å². The molecular weight excluding hydrogens is 290 g/mol. The van der Waals surface area contributed by atoms with Crippen LogP contribution in [0, 0.1) is 5.92 Å². The standard InChI is InChI=1S/C19H27NO3/c1-5-7-12-17(21)20(18(14(3)4)19(22)23)16-11-8-10-15(13-16)9-6-2/h6,8-11,13-14,18H,5,7,12H2,1-4H3,(H,22,23)/b9-6+/t18-/m0/s1. The summed E-state index contributed by atoms with van der Waals surface area (Å²) in [4.78, 5) is 25.9. The van der Waals surface area contributed by atoms with Crippen LogP contribution in [0.2, 0.25) is 0 Å². The minimum Gasteiger partial charge on any atom is -0.480 e. The number of nitrogens with zero attached hydrogens (tertiary/aromatic N) is 1. The van der Waals surface area contributed by atoms with Crippen LogP contribution in [0.4, 0.5) is 5.69 Å². The van der Waals surface area contributed by atoms with E-state index in [9.17, 15) is 14.7 Å². The van der Waals surface area contributed by atoms with Crippen LogP contribution in [0.3, 0.4) is 0 Å². The van der Waals surface area contributed by atoms with Crippen molar-refractivity contribution in [2.24, 2.45) is 5.92 Å². The average molecular weight is 317 g/mol. The van der Waals surface area contributed by atoms with Gasteiger partial charge in [-0.25, -0.2) is 4.79 Å². The third-order valence-electron chi connectivity index (χ3n) is 3.68. The summed E-state index contributed by atoms with van der Waals surface area (Å²) in [5.41, 5.74) is 1.59. The molecule has 0 saturated heterocycles. The van der Waals surface area contributed by atoms with Crippen molar-refractivity contribution in [3.8, 4) is 0 Å². The number of carbonyl (C=O) groups excluding carboxylic acids is 1. The van der Waals surface area contributed by atoms with E-state index in [-0.39, 0.29) is 11.8 Å². The molecule has 1 N–H and O–H groups in total. The zero-order valence-corrected chi connectivity index (χ0v) is 14.5. The number of carbonyl (C=O) groups is 2.